The fraction of sp³-hybridized carbons (Fsp3) is 0.500. The Bertz CT molecular complexity index is 616. The lowest BCUT2D eigenvalue weighted by atomic mass is 10.0. The molecular weight excluding hydrogens is 268 g/mol. The quantitative estimate of drug-likeness (QED) is 0.847. The van der Waals surface area contributed by atoms with E-state index in [0.717, 1.165) is 32.6 Å². The van der Waals surface area contributed by atoms with E-state index in [1.165, 1.54) is 35.4 Å². The van der Waals surface area contributed by atoms with Crippen LogP contribution in [0.2, 0.25) is 0 Å². The highest BCUT2D eigenvalue weighted by molar-refractivity contribution is 7.10. The topological polar surface area (TPSA) is 19.6 Å². The molecule has 0 radical (unpaired) electrons. The molecule has 0 amide bonds. The molecule has 0 aliphatic carbocycles. The maximum Gasteiger partial charge on any atom is 0.109 e. The van der Waals surface area contributed by atoms with Crippen molar-refractivity contribution in [2.24, 2.45) is 0 Å². The van der Waals surface area contributed by atoms with E-state index in [1.54, 1.807) is 4.88 Å². The molecule has 2 aliphatic heterocycles. The van der Waals surface area contributed by atoms with Gasteiger partial charge in [0.25, 0.3) is 0 Å². The molecule has 106 valence electrons. The third-order valence-corrected chi connectivity index (χ3v) is 5.52. The van der Waals surface area contributed by atoms with E-state index in [4.69, 9.17) is 4.42 Å². The Morgan fingerprint density at radius 3 is 3.15 bits per heavy atom. The summed E-state index contributed by atoms with van der Waals surface area (Å²) in [7, 11) is 2.19. The van der Waals surface area contributed by atoms with E-state index in [0.29, 0.717) is 0 Å². The van der Waals surface area contributed by atoms with Gasteiger partial charge < -0.3 is 9.32 Å². The van der Waals surface area contributed by atoms with Gasteiger partial charge in [-0.25, -0.2) is 0 Å². The van der Waals surface area contributed by atoms with E-state index in [9.17, 15) is 0 Å². The van der Waals surface area contributed by atoms with Gasteiger partial charge in [0.15, 0.2) is 0 Å². The summed E-state index contributed by atoms with van der Waals surface area (Å²) in [5.41, 5.74) is 4.36. The van der Waals surface area contributed by atoms with Crippen LogP contribution in [0.4, 0.5) is 0 Å². The number of hydrogen-bond acceptors (Lipinski definition) is 4. The summed E-state index contributed by atoms with van der Waals surface area (Å²) in [4.78, 5) is 6.51. The first-order valence-electron chi connectivity index (χ1n) is 7.34. The van der Waals surface area contributed by atoms with Crippen molar-refractivity contribution >= 4 is 11.3 Å². The highest BCUT2D eigenvalue weighted by atomic mass is 32.1. The summed E-state index contributed by atoms with van der Waals surface area (Å²) in [6.07, 6.45) is 4.25. The van der Waals surface area contributed by atoms with Crippen molar-refractivity contribution in [3.8, 4) is 0 Å². The minimum Gasteiger partial charge on any atom is -0.469 e. The van der Waals surface area contributed by atoms with Crippen molar-refractivity contribution in [2.75, 3.05) is 20.1 Å². The van der Waals surface area contributed by atoms with Gasteiger partial charge in [0.1, 0.15) is 5.76 Å². The van der Waals surface area contributed by atoms with Gasteiger partial charge in [0.05, 0.1) is 6.26 Å². The fourth-order valence-corrected chi connectivity index (χ4v) is 4.21. The Balaban J connectivity index is 1.52. The molecule has 4 heterocycles. The average Bonchev–Trinajstić information content (AvgIpc) is 3.05. The lowest BCUT2D eigenvalue weighted by molar-refractivity contribution is 0.244. The Hall–Kier alpha value is -1.10. The normalized spacial score (nSPS) is 19.9. The molecule has 0 saturated carbocycles. The molecule has 2 aromatic heterocycles. The van der Waals surface area contributed by atoms with Crippen molar-refractivity contribution in [3.63, 3.8) is 0 Å². The maximum atomic E-state index is 5.78. The van der Waals surface area contributed by atoms with Gasteiger partial charge in [0, 0.05) is 55.1 Å². The molecule has 20 heavy (non-hydrogen) atoms. The third kappa shape index (κ3) is 2.22. The minimum absolute atomic E-state index is 1.03. The largest absolute Gasteiger partial charge is 0.469 e. The second kappa shape index (κ2) is 5.02. The SMILES string of the molecule is CN1CCc2occ(CN3CCc4sccc4C3)c2C1. The summed E-state index contributed by atoms with van der Waals surface area (Å²) in [5, 5.41) is 2.23. The fourth-order valence-electron chi connectivity index (χ4n) is 3.32. The Morgan fingerprint density at radius 2 is 2.20 bits per heavy atom. The number of rotatable bonds is 2. The predicted octanol–water partition coefficient (Wildman–Crippen LogP) is 2.89. The van der Waals surface area contributed by atoms with Crippen LogP contribution in [-0.4, -0.2) is 29.9 Å². The van der Waals surface area contributed by atoms with Crippen molar-refractivity contribution in [1.29, 1.82) is 0 Å². The summed E-state index contributed by atoms with van der Waals surface area (Å²) in [6, 6.07) is 2.28. The highest BCUT2D eigenvalue weighted by Crippen LogP contribution is 2.28. The molecule has 0 bridgehead atoms. The Kier molecular flexibility index (Phi) is 3.17. The molecule has 2 aliphatic rings. The molecule has 0 aromatic carbocycles. The standard InChI is InChI=1S/C16H20N2OS/c1-17-5-2-15-14(10-17)13(11-19-15)9-18-6-3-16-12(8-18)4-7-20-16/h4,7,11H,2-3,5-6,8-10H2,1H3. The molecule has 2 aromatic rings. The number of likely N-dealkylation sites (N-methyl/N-ethyl adjacent to an activating group) is 1. The van der Waals surface area contributed by atoms with Crippen molar-refractivity contribution in [3.05, 3.63) is 45.0 Å². The number of furan rings is 1. The van der Waals surface area contributed by atoms with Crippen LogP contribution in [0.3, 0.4) is 0 Å². The van der Waals surface area contributed by atoms with E-state index < -0.39 is 0 Å². The van der Waals surface area contributed by atoms with E-state index in [1.807, 2.05) is 17.6 Å². The van der Waals surface area contributed by atoms with E-state index >= 15 is 0 Å². The number of hydrogen-bond donors (Lipinski definition) is 0. The van der Waals surface area contributed by atoms with Crippen LogP contribution in [0.25, 0.3) is 0 Å². The second-order valence-corrected chi connectivity index (χ2v) is 6.98. The zero-order chi connectivity index (χ0) is 13.5. The molecule has 0 saturated heterocycles. The zero-order valence-corrected chi connectivity index (χ0v) is 12.7. The maximum absolute atomic E-state index is 5.78. The summed E-state index contributed by atoms with van der Waals surface area (Å²) in [5.74, 6) is 1.21. The van der Waals surface area contributed by atoms with Crippen LogP contribution < -0.4 is 0 Å². The molecule has 0 fully saturated rings. The minimum atomic E-state index is 1.03. The van der Waals surface area contributed by atoms with Gasteiger partial charge in [-0.05, 0) is 30.5 Å². The average molecular weight is 288 g/mol. The van der Waals surface area contributed by atoms with Crippen LogP contribution in [0, 0.1) is 0 Å². The number of fused-ring (bicyclic) bond motifs is 2. The van der Waals surface area contributed by atoms with Gasteiger partial charge in [-0.2, -0.15) is 0 Å². The zero-order valence-electron chi connectivity index (χ0n) is 11.9. The van der Waals surface area contributed by atoms with Crippen molar-refractivity contribution in [1.82, 2.24) is 9.80 Å². The first-order chi connectivity index (χ1) is 9.79. The second-order valence-electron chi connectivity index (χ2n) is 5.98. The first kappa shape index (κ1) is 12.6. The van der Waals surface area contributed by atoms with Crippen LogP contribution in [0.5, 0.6) is 0 Å². The molecule has 0 unspecified atom stereocenters. The van der Waals surface area contributed by atoms with Crippen molar-refractivity contribution < 1.29 is 4.42 Å². The Morgan fingerprint density at radius 1 is 1.25 bits per heavy atom. The smallest absolute Gasteiger partial charge is 0.109 e. The molecule has 0 N–H and O–H groups in total. The van der Waals surface area contributed by atoms with Gasteiger partial charge in [-0.3, -0.25) is 4.90 Å². The molecule has 0 spiro atoms. The lowest BCUT2D eigenvalue weighted by Gasteiger charge is -2.28. The molecule has 0 atom stereocenters. The van der Waals surface area contributed by atoms with Gasteiger partial charge in [-0.1, -0.05) is 0 Å². The van der Waals surface area contributed by atoms with Crippen LogP contribution >= 0.6 is 11.3 Å². The van der Waals surface area contributed by atoms with Crippen LogP contribution in [0.1, 0.15) is 27.3 Å². The third-order valence-electron chi connectivity index (χ3n) is 4.50. The summed E-state index contributed by atoms with van der Waals surface area (Å²) >= 11 is 1.91. The van der Waals surface area contributed by atoms with E-state index in [-0.39, 0.29) is 0 Å². The van der Waals surface area contributed by atoms with Crippen LogP contribution in [-0.2, 0) is 32.5 Å². The van der Waals surface area contributed by atoms with Crippen LogP contribution in [0.15, 0.2) is 22.1 Å². The van der Waals surface area contributed by atoms with Gasteiger partial charge >= 0.3 is 0 Å². The molecule has 3 nitrogen and oxygen atoms in total. The predicted molar refractivity (Wildman–Crippen MR) is 80.9 cm³/mol. The molecule has 4 rings (SSSR count). The number of nitrogens with zero attached hydrogens (tertiary/aromatic N) is 2. The first-order valence-corrected chi connectivity index (χ1v) is 8.22. The van der Waals surface area contributed by atoms with Gasteiger partial charge in [0.2, 0.25) is 0 Å². The monoisotopic (exact) mass is 288 g/mol. The van der Waals surface area contributed by atoms with Crippen molar-refractivity contribution in [2.45, 2.75) is 32.5 Å². The van der Waals surface area contributed by atoms with E-state index in [2.05, 4.69) is 28.3 Å². The highest BCUT2D eigenvalue weighted by Gasteiger charge is 2.23. The Labute approximate surface area is 123 Å². The molecular formula is C16H20N2OS. The molecule has 4 heteroatoms. The number of thiophene rings is 1. The van der Waals surface area contributed by atoms with Gasteiger partial charge in [-0.15, -0.1) is 11.3 Å². The summed E-state index contributed by atoms with van der Waals surface area (Å²) < 4.78 is 5.78. The lowest BCUT2D eigenvalue weighted by Crippen LogP contribution is -2.30. The summed E-state index contributed by atoms with van der Waals surface area (Å²) in [6.45, 7) is 5.44.